The maximum atomic E-state index is 11.4. The van der Waals surface area contributed by atoms with Crippen molar-refractivity contribution < 1.29 is 18.3 Å². The SMILES string of the molecule is CS(=O)(=O)N(CCCO)CC1CCCO1. The summed E-state index contributed by atoms with van der Waals surface area (Å²) in [6.45, 7) is 1.52. The molecule has 0 bridgehead atoms. The molecule has 1 N–H and O–H groups in total. The van der Waals surface area contributed by atoms with Crippen molar-refractivity contribution in [2.24, 2.45) is 0 Å². The van der Waals surface area contributed by atoms with E-state index in [2.05, 4.69) is 0 Å². The van der Waals surface area contributed by atoms with E-state index in [0.717, 1.165) is 19.4 Å². The first kappa shape index (κ1) is 12.9. The van der Waals surface area contributed by atoms with Gasteiger partial charge in [-0.1, -0.05) is 0 Å². The Morgan fingerprint density at radius 2 is 2.27 bits per heavy atom. The van der Waals surface area contributed by atoms with Gasteiger partial charge in [-0.25, -0.2) is 8.42 Å². The maximum Gasteiger partial charge on any atom is 0.211 e. The molecule has 1 fully saturated rings. The highest BCUT2D eigenvalue weighted by molar-refractivity contribution is 7.88. The van der Waals surface area contributed by atoms with E-state index in [1.54, 1.807) is 0 Å². The minimum atomic E-state index is -3.18. The van der Waals surface area contributed by atoms with Crippen LogP contribution < -0.4 is 0 Å². The van der Waals surface area contributed by atoms with Crippen molar-refractivity contribution >= 4 is 10.0 Å². The normalized spacial score (nSPS) is 22.5. The molecule has 1 saturated heterocycles. The third-order valence-electron chi connectivity index (χ3n) is 2.47. The highest BCUT2D eigenvalue weighted by Crippen LogP contribution is 2.14. The average Bonchev–Trinajstić information content (AvgIpc) is 2.62. The van der Waals surface area contributed by atoms with Gasteiger partial charge in [0.2, 0.25) is 10.0 Å². The van der Waals surface area contributed by atoms with E-state index in [1.165, 1.54) is 10.6 Å². The molecule has 90 valence electrons. The molecule has 0 aliphatic carbocycles. The molecule has 0 saturated carbocycles. The predicted octanol–water partition coefficient (Wildman–Crippen LogP) is -0.191. The standard InChI is InChI=1S/C9H19NO4S/c1-15(12,13)10(5-3-6-11)8-9-4-2-7-14-9/h9,11H,2-8H2,1H3. The van der Waals surface area contributed by atoms with Crippen LogP contribution in [0.3, 0.4) is 0 Å². The Kier molecular flexibility index (Phi) is 4.98. The summed E-state index contributed by atoms with van der Waals surface area (Å²) in [6, 6.07) is 0. The van der Waals surface area contributed by atoms with Gasteiger partial charge in [0.25, 0.3) is 0 Å². The van der Waals surface area contributed by atoms with E-state index < -0.39 is 10.0 Å². The summed E-state index contributed by atoms with van der Waals surface area (Å²) in [5, 5.41) is 8.69. The number of hydrogen-bond donors (Lipinski definition) is 1. The lowest BCUT2D eigenvalue weighted by Crippen LogP contribution is -2.37. The number of nitrogens with zero attached hydrogens (tertiary/aromatic N) is 1. The molecule has 1 rings (SSSR count). The number of hydrogen-bond acceptors (Lipinski definition) is 4. The lowest BCUT2D eigenvalue weighted by molar-refractivity contribution is 0.0926. The molecule has 0 spiro atoms. The fourth-order valence-electron chi connectivity index (χ4n) is 1.66. The van der Waals surface area contributed by atoms with Crippen molar-refractivity contribution in [3.05, 3.63) is 0 Å². The van der Waals surface area contributed by atoms with Gasteiger partial charge < -0.3 is 9.84 Å². The molecule has 0 radical (unpaired) electrons. The van der Waals surface area contributed by atoms with Crippen LogP contribution in [-0.2, 0) is 14.8 Å². The molecule has 1 unspecified atom stereocenters. The van der Waals surface area contributed by atoms with Gasteiger partial charge in [0.1, 0.15) is 0 Å². The second-order valence-corrected chi connectivity index (χ2v) is 5.82. The lowest BCUT2D eigenvalue weighted by atomic mass is 10.2. The molecular formula is C9H19NO4S. The Labute approximate surface area is 91.1 Å². The molecule has 0 aromatic carbocycles. The molecule has 0 aromatic heterocycles. The van der Waals surface area contributed by atoms with Crippen molar-refractivity contribution in [1.29, 1.82) is 0 Å². The van der Waals surface area contributed by atoms with Gasteiger partial charge in [-0.15, -0.1) is 0 Å². The molecule has 1 aliphatic rings. The molecule has 0 amide bonds. The quantitative estimate of drug-likeness (QED) is 0.695. The van der Waals surface area contributed by atoms with Crippen LogP contribution in [0, 0.1) is 0 Å². The molecule has 15 heavy (non-hydrogen) atoms. The summed E-state index contributed by atoms with van der Waals surface area (Å²) in [5.74, 6) is 0. The summed E-state index contributed by atoms with van der Waals surface area (Å²) >= 11 is 0. The van der Waals surface area contributed by atoms with Crippen molar-refractivity contribution in [2.45, 2.75) is 25.4 Å². The van der Waals surface area contributed by atoms with Crippen LogP contribution in [-0.4, -0.2) is 56.5 Å². The minimum Gasteiger partial charge on any atom is -0.396 e. The summed E-state index contributed by atoms with van der Waals surface area (Å²) in [4.78, 5) is 0. The summed E-state index contributed by atoms with van der Waals surface area (Å²) < 4.78 is 29.6. The smallest absolute Gasteiger partial charge is 0.211 e. The Hall–Kier alpha value is -0.170. The van der Waals surface area contributed by atoms with Gasteiger partial charge in [-0.2, -0.15) is 4.31 Å². The Morgan fingerprint density at radius 1 is 1.53 bits per heavy atom. The first-order chi connectivity index (χ1) is 7.04. The van der Waals surface area contributed by atoms with Crippen LogP contribution in [0.15, 0.2) is 0 Å². The van der Waals surface area contributed by atoms with Crippen LogP contribution in [0.25, 0.3) is 0 Å². The molecule has 1 atom stereocenters. The molecule has 5 nitrogen and oxygen atoms in total. The number of sulfonamides is 1. The summed E-state index contributed by atoms with van der Waals surface area (Å²) in [6.07, 6.45) is 3.62. The van der Waals surface area contributed by atoms with E-state index in [0.29, 0.717) is 19.5 Å². The van der Waals surface area contributed by atoms with Gasteiger partial charge in [0, 0.05) is 26.3 Å². The topological polar surface area (TPSA) is 66.8 Å². The first-order valence-corrected chi connectivity index (χ1v) is 7.06. The fraction of sp³-hybridized carbons (Fsp3) is 1.00. The van der Waals surface area contributed by atoms with Crippen LogP contribution in [0.4, 0.5) is 0 Å². The second-order valence-electron chi connectivity index (χ2n) is 3.83. The van der Waals surface area contributed by atoms with Gasteiger partial charge in [0.05, 0.1) is 12.4 Å². The largest absolute Gasteiger partial charge is 0.396 e. The first-order valence-electron chi connectivity index (χ1n) is 5.21. The highest BCUT2D eigenvalue weighted by atomic mass is 32.2. The zero-order valence-corrected chi connectivity index (χ0v) is 9.87. The van der Waals surface area contributed by atoms with Crippen molar-refractivity contribution in [3.63, 3.8) is 0 Å². The summed E-state index contributed by atoms with van der Waals surface area (Å²) in [5.41, 5.74) is 0. The third-order valence-corrected chi connectivity index (χ3v) is 3.74. The van der Waals surface area contributed by atoms with Crippen molar-refractivity contribution in [3.8, 4) is 0 Å². The highest BCUT2D eigenvalue weighted by Gasteiger charge is 2.23. The number of ether oxygens (including phenoxy) is 1. The van der Waals surface area contributed by atoms with Gasteiger partial charge in [-0.3, -0.25) is 0 Å². The van der Waals surface area contributed by atoms with E-state index in [4.69, 9.17) is 9.84 Å². The third kappa shape index (κ3) is 4.46. The monoisotopic (exact) mass is 237 g/mol. The lowest BCUT2D eigenvalue weighted by Gasteiger charge is -2.22. The van der Waals surface area contributed by atoms with Crippen molar-refractivity contribution in [2.75, 3.05) is 32.6 Å². The Bertz CT molecular complexity index is 272. The van der Waals surface area contributed by atoms with Crippen LogP contribution in [0.5, 0.6) is 0 Å². The van der Waals surface area contributed by atoms with Crippen LogP contribution in [0.2, 0.25) is 0 Å². The van der Waals surface area contributed by atoms with Gasteiger partial charge in [-0.05, 0) is 19.3 Å². The molecule has 1 aliphatic heterocycles. The fourth-order valence-corrected chi connectivity index (χ4v) is 2.55. The maximum absolute atomic E-state index is 11.4. The van der Waals surface area contributed by atoms with E-state index in [-0.39, 0.29) is 12.7 Å². The molecular weight excluding hydrogens is 218 g/mol. The van der Waals surface area contributed by atoms with Crippen molar-refractivity contribution in [1.82, 2.24) is 4.31 Å². The van der Waals surface area contributed by atoms with Crippen LogP contribution >= 0.6 is 0 Å². The molecule has 1 heterocycles. The zero-order chi connectivity index (χ0) is 11.3. The predicted molar refractivity (Wildman–Crippen MR) is 57.1 cm³/mol. The minimum absolute atomic E-state index is 0.0115. The molecule has 6 heteroatoms. The second kappa shape index (κ2) is 5.79. The van der Waals surface area contributed by atoms with Crippen LogP contribution in [0.1, 0.15) is 19.3 Å². The molecule has 0 aromatic rings. The van der Waals surface area contributed by atoms with Gasteiger partial charge in [0.15, 0.2) is 0 Å². The van der Waals surface area contributed by atoms with Gasteiger partial charge >= 0.3 is 0 Å². The number of rotatable bonds is 6. The number of aliphatic hydroxyl groups excluding tert-OH is 1. The van der Waals surface area contributed by atoms with E-state index in [1.807, 2.05) is 0 Å². The average molecular weight is 237 g/mol. The Balaban J connectivity index is 2.48. The zero-order valence-electron chi connectivity index (χ0n) is 9.05. The van der Waals surface area contributed by atoms with E-state index in [9.17, 15) is 8.42 Å². The van der Waals surface area contributed by atoms with E-state index >= 15 is 0 Å². The number of aliphatic hydroxyl groups is 1. The summed E-state index contributed by atoms with van der Waals surface area (Å²) in [7, 11) is -3.18. The Morgan fingerprint density at radius 3 is 2.73 bits per heavy atom.